The highest BCUT2D eigenvalue weighted by molar-refractivity contribution is 14.1. The lowest BCUT2D eigenvalue weighted by Crippen LogP contribution is -1.98. The van der Waals surface area contributed by atoms with Gasteiger partial charge in [0.15, 0.2) is 0 Å². The lowest BCUT2D eigenvalue weighted by molar-refractivity contribution is 0.446. The highest BCUT2D eigenvalue weighted by Crippen LogP contribution is 2.25. The summed E-state index contributed by atoms with van der Waals surface area (Å²) in [6, 6.07) is 5.94. The van der Waals surface area contributed by atoms with E-state index in [0.717, 1.165) is 13.6 Å². The molecule has 0 spiro atoms. The van der Waals surface area contributed by atoms with Crippen molar-refractivity contribution in [1.29, 1.82) is 0 Å². The first-order chi connectivity index (χ1) is 5.65. The predicted octanol–water partition coefficient (Wildman–Crippen LogP) is 4.13. The third kappa shape index (κ3) is 2.42. The van der Waals surface area contributed by atoms with Crippen LogP contribution in [0.1, 0.15) is 18.4 Å². The second-order valence-electron chi connectivity index (χ2n) is 2.72. The molecule has 0 saturated carbocycles. The first kappa shape index (κ1) is 10.4. The molecule has 12 heavy (non-hydrogen) atoms. The number of halogens is 3. The predicted molar refractivity (Wildman–Crippen MR) is 61.2 cm³/mol. The first-order valence-electron chi connectivity index (χ1n) is 3.66. The minimum Gasteiger partial charge on any atom is -0.250 e. The summed E-state index contributed by atoms with van der Waals surface area (Å²) in [5.74, 6) is -0.00519. The Balaban J connectivity index is 3.04. The zero-order chi connectivity index (χ0) is 9.14. The second kappa shape index (κ2) is 4.56. The van der Waals surface area contributed by atoms with Crippen molar-refractivity contribution in [1.82, 2.24) is 0 Å². The van der Waals surface area contributed by atoms with Crippen LogP contribution in [0.5, 0.6) is 0 Å². The molecular formula is C9H9BrFI. The Morgan fingerprint density at radius 3 is 2.83 bits per heavy atom. The minimum absolute atomic E-state index is 0.00519. The van der Waals surface area contributed by atoms with E-state index in [1.807, 2.05) is 25.1 Å². The Morgan fingerprint density at radius 2 is 2.25 bits per heavy atom. The van der Waals surface area contributed by atoms with Crippen molar-refractivity contribution in [2.24, 2.45) is 0 Å². The SMILES string of the molecule is CC(CF)c1cc(Br)ccc1I. The molecule has 0 bridgehead atoms. The lowest BCUT2D eigenvalue weighted by atomic mass is 10.0. The molecule has 1 unspecified atom stereocenters. The van der Waals surface area contributed by atoms with E-state index < -0.39 is 0 Å². The maximum Gasteiger partial charge on any atom is 0.0960 e. The molecule has 1 aromatic rings. The number of benzene rings is 1. The summed E-state index contributed by atoms with van der Waals surface area (Å²) < 4.78 is 14.5. The van der Waals surface area contributed by atoms with Crippen LogP contribution < -0.4 is 0 Å². The van der Waals surface area contributed by atoms with Gasteiger partial charge in [-0.15, -0.1) is 0 Å². The van der Waals surface area contributed by atoms with Gasteiger partial charge in [-0.2, -0.15) is 0 Å². The van der Waals surface area contributed by atoms with Gasteiger partial charge in [0.25, 0.3) is 0 Å². The smallest absolute Gasteiger partial charge is 0.0960 e. The van der Waals surface area contributed by atoms with Gasteiger partial charge in [0, 0.05) is 14.0 Å². The van der Waals surface area contributed by atoms with E-state index in [9.17, 15) is 4.39 Å². The minimum atomic E-state index is -0.299. The van der Waals surface area contributed by atoms with Crippen LogP contribution >= 0.6 is 38.5 Å². The topological polar surface area (TPSA) is 0 Å². The molecule has 66 valence electrons. The van der Waals surface area contributed by atoms with E-state index in [2.05, 4.69) is 38.5 Å². The molecule has 0 radical (unpaired) electrons. The zero-order valence-electron chi connectivity index (χ0n) is 6.65. The monoisotopic (exact) mass is 342 g/mol. The molecule has 0 N–H and O–H groups in total. The van der Waals surface area contributed by atoms with Crippen LogP contribution in [0.3, 0.4) is 0 Å². The van der Waals surface area contributed by atoms with Crippen LogP contribution in [0.2, 0.25) is 0 Å². The normalized spacial score (nSPS) is 13.0. The van der Waals surface area contributed by atoms with Crippen LogP contribution in [0.4, 0.5) is 4.39 Å². The molecule has 0 amide bonds. The fourth-order valence-corrected chi connectivity index (χ4v) is 2.22. The van der Waals surface area contributed by atoms with Gasteiger partial charge in [-0.1, -0.05) is 22.9 Å². The third-order valence-electron chi connectivity index (χ3n) is 1.72. The number of hydrogen-bond acceptors (Lipinski definition) is 0. The Kier molecular flexibility index (Phi) is 3.96. The fraction of sp³-hybridized carbons (Fsp3) is 0.333. The average molecular weight is 343 g/mol. The van der Waals surface area contributed by atoms with Crippen LogP contribution in [-0.2, 0) is 0 Å². The summed E-state index contributed by atoms with van der Waals surface area (Å²) >= 11 is 5.60. The molecule has 1 rings (SSSR count). The Morgan fingerprint density at radius 1 is 1.58 bits per heavy atom. The van der Waals surface area contributed by atoms with Crippen molar-refractivity contribution in [3.63, 3.8) is 0 Å². The van der Waals surface area contributed by atoms with Crippen LogP contribution in [0.25, 0.3) is 0 Å². The molecule has 0 heterocycles. The van der Waals surface area contributed by atoms with Gasteiger partial charge in [0.1, 0.15) is 0 Å². The van der Waals surface area contributed by atoms with Gasteiger partial charge in [-0.05, 0) is 46.4 Å². The molecule has 0 aliphatic heterocycles. The van der Waals surface area contributed by atoms with E-state index in [1.165, 1.54) is 0 Å². The summed E-state index contributed by atoms with van der Waals surface area (Å²) in [6.45, 7) is 1.59. The largest absolute Gasteiger partial charge is 0.250 e. The van der Waals surface area contributed by atoms with E-state index >= 15 is 0 Å². The van der Waals surface area contributed by atoms with Gasteiger partial charge < -0.3 is 0 Å². The van der Waals surface area contributed by atoms with Crippen molar-refractivity contribution >= 4 is 38.5 Å². The highest BCUT2D eigenvalue weighted by Gasteiger charge is 2.08. The maximum atomic E-state index is 12.4. The quantitative estimate of drug-likeness (QED) is 0.709. The number of alkyl halides is 1. The van der Waals surface area contributed by atoms with E-state index in [0.29, 0.717) is 0 Å². The number of rotatable bonds is 2. The third-order valence-corrected chi connectivity index (χ3v) is 3.20. The summed E-state index contributed by atoms with van der Waals surface area (Å²) in [7, 11) is 0. The first-order valence-corrected chi connectivity index (χ1v) is 5.53. The average Bonchev–Trinajstić information content (AvgIpc) is 2.08. The van der Waals surface area contributed by atoms with Crippen molar-refractivity contribution in [2.45, 2.75) is 12.8 Å². The molecule has 0 saturated heterocycles. The molecular weight excluding hydrogens is 334 g/mol. The van der Waals surface area contributed by atoms with Crippen molar-refractivity contribution in [2.75, 3.05) is 6.67 Å². The van der Waals surface area contributed by atoms with Crippen molar-refractivity contribution < 1.29 is 4.39 Å². The standard InChI is InChI=1S/C9H9BrFI/c1-6(5-11)8-4-7(10)2-3-9(8)12/h2-4,6H,5H2,1H3. The van der Waals surface area contributed by atoms with Gasteiger partial charge in [0.05, 0.1) is 6.67 Å². The second-order valence-corrected chi connectivity index (χ2v) is 4.80. The molecule has 0 aromatic heterocycles. The molecule has 0 fully saturated rings. The van der Waals surface area contributed by atoms with E-state index in [-0.39, 0.29) is 12.6 Å². The summed E-state index contributed by atoms with van der Waals surface area (Å²) in [4.78, 5) is 0. The molecule has 0 aliphatic carbocycles. The zero-order valence-corrected chi connectivity index (χ0v) is 10.4. The molecule has 3 heteroatoms. The van der Waals surface area contributed by atoms with Gasteiger partial charge in [0.2, 0.25) is 0 Å². The lowest BCUT2D eigenvalue weighted by Gasteiger charge is -2.09. The van der Waals surface area contributed by atoms with Gasteiger partial charge in [-0.3, -0.25) is 4.39 Å². The van der Waals surface area contributed by atoms with Crippen molar-refractivity contribution in [3.05, 3.63) is 31.8 Å². The molecule has 0 nitrogen and oxygen atoms in total. The fourth-order valence-electron chi connectivity index (χ4n) is 0.975. The summed E-state index contributed by atoms with van der Waals surface area (Å²) in [6.07, 6.45) is 0. The molecule has 1 aromatic carbocycles. The van der Waals surface area contributed by atoms with Crippen LogP contribution in [0, 0.1) is 3.57 Å². The van der Waals surface area contributed by atoms with Crippen LogP contribution in [0.15, 0.2) is 22.7 Å². The maximum absolute atomic E-state index is 12.4. The van der Waals surface area contributed by atoms with Gasteiger partial charge >= 0.3 is 0 Å². The Bertz CT molecular complexity index is 275. The molecule has 0 aliphatic rings. The number of hydrogen-bond donors (Lipinski definition) is 0. The summed E-state index contributed by atoms with van der Waals surface area (Å²) in [5, 5.41) is 0. The van der Waals surface area contributed by atoms with Crippen LogP contribution in [-0.4, -0.2) is 6.67 Å². The van der Waals surface area contributed by atoms with E-state index in [1.54, 1.807) is 0 Å². The summed E-state index contributed by atoms with van der Waals surface area (Å²) in [5.41, 5.74) is 1.08. The Hall–Kier alpha value is 0.360. The Labute approximate surface area is 93.8 Å². The molecule has 1 atom stereocenters. The van der Waals surface area contributed by atoms with Crippen molar-refractivity contribution in [3.8, 4) is 0 Å². The highest BCUT2D eigenvalue weighted by atomic mass is 127. The van der Waals surface area contributed by atoms with Gasteiger partial charge in [-0.25, -0.2) is 0 Å². The van der Waals surface area contributed by atoms with E-state index in [4.69, 9.17) is 0 Å².